The number of nitro benzene ring substituents is 1. The molecule has 3 N–H and O–H groups in total. The Hall–Kier alpha value is -2.20. The molecule has 0 aliphatic rings. The second kappa shape index (κ2) is 4.35. The van der Waals surface area contributed by atoms with E-state index in [9.17, 15) is 28.4 Å². The molecule has 1 amide bonds. The van der Waals surface area contributed by atoms with E-state index < -0.39 is 37.1 Å². The van der Waals surface area contributed by atoms with Crippen LogP contribution < -0.4 is 5.32 Å². The molecule has 0 spiro atoms. The van der Waals surface area contributed by atoms with Gasteiger partial charge in [0.2, 0.25) is 12.2 Å². The molecule has 0 aliphatic carbocycles. The molecule has 0 aromatic heterocycles. The Bertz CT molecular complexity index is 580. The summed E-state index contributed by atoms with van der Waals surface area (Å²) in [5.41, 5.74) is -1.45. The number of hydrogen-bond donors (Lipinski definition) is 3. The van der Waals surface area contributed by atoms with Crippen molar-refractivity contribution in [2.24, 2.45) is 0 Å². The van der Waals surface area contributed by atoms with Crippen LogP contribution in [0, 0.1) is 10.1 Å². The molecule has 0 atom stereocenters. The molecular weight excluding hydrogens is 256 g/mol. The van der Waals surface area contributed by atoms with Crippen LogP contribution in [0.1, 0.15) is 0 Å². The van der Waals surface area contributed by atoms with E-state index in [4.69, 9.17) is 4.55 Å². The number of phenolic OH excluding ortho intramolecular Hbond substituents is 1. The van der Waals surface area contributed by atoms with Gasteiger partial charge in [-0.1, -0.05) is 0 Å². The standard InChI is InChI=1S/C7H6N2O7S/c10-3-8-5-1-4(17(14,15)16)2-6(7(5)11)9(12)13/h1-3,11H,(H,8,10)(H,14,15,16). The third kappa shape index (κ3) is 2.68. The third-order valence-corrected chi connectivity index (χ3v) is 2.60. The van der Waals surface area contributed by atoms with Gasteiger partial charge in [0.15, 0.2) is 0 Å². The zero-order chi connectivity index (χ0) is 13.2. The molecule has 10 heteroatoms. The third-order valence-electron chi connectivity index (χ3n) is 1.77. The fourth-order valence-electron chi connectivity index (χ4n) is 1.05. The molecule has 0 aliphatic heterocycles. The van der Waals surface area contributed by atoms with Gasteiger partial charge in [-0.3, -0.25) is 19.5 Å². The van der Waals surface area contributed by atoms with E-state index in [-0.39, 0.29) is 6.41 Å². The predicted octanol–water partition coefficient (Wildman–Crippen LogP) is 0.115. The van der Waals surface area contributed by atoms with Crippen molar-refractivity contribution >= 4 is 27.9 Å². The molecule has 92 valence electrons. The normalized spacial score (nSPS) is 10.9. The number of rotatable bonds is 4. The minimum Gasteiger partial charge on any atom is -0.501 e. The van der Waals surface area contributed by atoms with Crippen molar-refractivity contribution in [3.63, 3.8) is 0 Å². The van der Waals surface area contributed by atoms with E-state index in [1.165, 1.54) is 0 Å². The van der Waals surface area contributed by atoms with E-state index >= 15 is 0 Å². The number of nitrogens with zero attached hydrogens (tertiary/aromatic N) is 1. The first-order valence-corrected chi connectivity index (χ1v) is 5.40. The van der Waals surface area contributed by atoms with Crippen LogP contribution in [0.15, 0.2) is 17.0 Å². The molecule has 1 aromatic rings. The van der Waals surface area contributed by atoms with Crippen molar-refractivity contribution in [3.05, 3.63) is 22.2 Å². The molecule has 0 saturated carbocycles. The summed E-state index contributed by atoms with van der Waals surface area (Å²) in [6, 6.07) is 1.16. The van der Waals surface area contributed by atoms with Gasteiger partial charge in [0.25, 0.3) is 10.1 Å². The Balaban J connectivity index is 3.58. The lowest BCUT2D eigenvalue weighted by molar-refractivity contribution is -0.386. The van der Waals surface area contributed by atoms with Crippen LogP contribution in [0.25, 0.3) is 0 Å². The summed E-state index contributed by atoms with van der Waals surface area (Å²) in [6.07, 6.45) is 0.0898. The summed E-state index contributed by atoms with van der Waals surface area (Å²) < 4.78 is 30.4. The SMILES string of the molecule is O=CNc1cc(S(=O)(=O)O)cc([N+](=O)[O-])c1O. The van der Waals surface area contributed by atoms with Crippen LogP contribution in [0.2, 0.25) is 0 Å². The molecule has 0 saturated heterocycles. The maximum atomic E-state index is 10.8. The highest BCUT2D eigenvalue weighted by atomic mass is 32.2. The van der Waals surface area contributed by atoms with Gasteiger partial charge in [-0.2, -0.15) is 8.42 Å². The maximum Gasteiger partial charge on any atom is 0.314 e. The van der Waals surface area contributed by atoms with Crippen LogP contribution in [0.4, 0.5) is 11.4 Å². The number of hydrogen-bond acceptors (Lipinski definition) is 6. The molecule has 0 fully saturated rings. The Morgan fingerprint density at radius 3 is 2.41 bits per heavy atom. The first-order chi connectivity index (χ1) is 7.77. The molecule has 1 rings (SSSR count). The van der Waals surface area contributed by atoms with Gasteiger partial charge in [-0.05, 0) is 6.07 Å². The number of benzene rings is 1. The highest BCUT2D eigenvalue weighted by molar-refractivity contribution is 7.85. The fraction of sp³-hybridized carbons (Fsp3) is 0. The van der Waals surface area contributed by atoms with Gasteiger partial charge in [0.05, 0.1) is 10.6 Å². The summed E-state index contributed by atoms with van der Waals surface area (Å²) in [4.78, 5) is 18.8. The number of nitro groups is 1. The predicted molar refractivity (Wildman–Crippen MR) is 54.3 cm³/mol. The zero-order valence-corrected chi connectivity index (χ0v) is 8.84. The summed E-state index contributed by atoms with van der Waals surface area (Å²) >= 11 is 0. The van der Waals surface area contributed by atoms with Crippen molar-refractivity contribution in [2.45, 2.75) is 4.90 Å². The highest BCUT2D eigenvalue weighted by Crippen LogP contribution is 2.36. The van der Waals surface area contributed by atoms with E-state index in [0.717, 1.165) is 0 Å². The quantitative estimate of drug-likeness (QED) is 0.229. The Labute approximate surface area is 94.6 Å². The van der Waals surface area contributed by atoms with Crippen molar-refractivity contribution in [3.8, 4) is 5.75 Å². The van der Waals surface area contributed by atoms with E-state index in [1.54, 1.807) is 0 Å². The number of carbonyl (C=O) groups is 1. The molecule has 0 unspecified atom stereocenters. The van der Waals surface area contributed by atoms with Crippen molar-refractivity contribution in [1.29, 1.82) is 0 Å². The molecular formula is C7H6N2O7S. The summed E-state index contributed by atoms with van der Waals surface area (Å²) in [6.45, 7) is 0. The average Bonchev–Trinajstić information content (AvgIpc) is 2.19. The molecule has 17 heavy (non-hydrogen) atoms. The molecule has 0 bridgehead atoms. The number of amides is 1. The topological polar surface area (TPSA) is 147 Å². The Morgan fingerprint density at radius 1 is 1.41 bits per heavy atom. The van der Waals surface area contributed by atoms with Crippen molar-refractivity contribution < 1.29 is 27.8 Å². The molecule has 0 heterocycles. The number of aromatic hydroxyl groups is 1. The lowest BCUT2D eigenvalue weighted by Gasteiger charge is -2.05. The second-order valence-electron chi connectivity index (χ2n) is 2.83. The van der Waals surface area contributed by atoms with Gasteiger partial charge in [0, 0.05) is 6.07 Å². The summed E-state index contributed by atoms with van der Waals surface area (Å²) in [5, 5.41) is 21.7. The number of phenols is 1. The summed E-state index contributed by atoms with van der Waals surface area (Å²) in [5.74, 6) is -0.908. The first kappa shape index (κ1) is 12.9. The Morgan fingerprint density at radius 2 is 2.00 bits per heavy atom. The van der Waals surface area contributed by atoms with Gasteiger partial charge in [-0.15, -0.1) is 0 Å². The monoisotopic (exact) mass is 262 g/mol. The van der Waals surface area contributed by atoms with Crippen LogP contribution in [0.3, 0.4) is 0 Å². The number of nitrogens with one attached hydrogen (secondary N) is 1. The van der Waals surface area contributed by atoms with Crippen LogP contribution in [0.5, 0.6) is 5.75 Å². The van der Waals surface area contributed by atoms with E-state index in [1.807, 2.05) is 5.32 Å². The van der Waals surface area contributed by atoms with Gasteiger partial charge in [-0.25, -0.2) is 0 Å². The minimum atomic E-state index is -4.69. The van der Waals surface area contributed by atoms with Gasteiger partial charge >= 0.3 is 5.69 Å². The largest absolute Gasteiger partial charge is 0.501 e. The van der Waals surface area contributed by atoms with Gasteiger partial charge in [0.1, 0.15) is 4.90 Å². The molecule has 9 nitrogen and oxygen atoms in total. The van der Waals surface area contributed by atoms with E-state index in [0.29, 0.717) is 12.1 Å². The summed E-state index contributed by atoms with van der Waals surface area (Å²) in [7, 11) is -4.69. The first-order valence-electron chi connectivity index (χ1n) is 3.96. The average molecular weight is 262 g/mol. The maximum absolute atomic E-state index is 10.8. The minimum absolute atomic E-state index is 0.0898. The lowest BCUT2D eigenvalue weighted by atomic mass is 10.2. The molecule has 1 aromatic carbocycles. The van der Waals surface area contributed by atoms with Gasteiger partial charge < -0.3 is 10.4 Å². The molecule has 0 radical (unpaired) electrons. The smallest absolute Gasteiger partial charge is 0.314 e. The van der Waals surface area contributed by atoms with Crippen LogP contribution in [-0.2, 0) is 14.9 Å². The second-order valence-corrected chi connectivity index (χ2v) is 4.25. The number of carbonyl (C=O) groups excluding carboxylic acids is 1. The zero-order valence-electron chi connectivity index (χ0n) is 8.02. The lowest BCUT2D eigenvalue weighted by Crippen LogP contribution is -2.03. The van der Waals surface area contributed by atoms with Crippen molar-refractivity contribution in [1.82, 2.24) is 0 Å². The fourth-order valence-corrected chi connectivity index (χ4v) is 1.58. The van der Waals surface area contributed by atoms with Crippen LogP contribution in [-0.4, -0.2) is 29.4 Å². The highest BCUT2D eigenvalue weighted by Gasteiger charge is 2.23. The van der Waals surface area contributed by atoms with E-state index in [2.05, 4.69) is 0 Å². The van der Waals surface area contributed by atoms with Crippen LogP contribution >= 0.6 is 0 Å². The Kier molecular flexibility index (Phi) is 3.29. The number of anilines is 1. The van der Waals surface area contributed by atoms with Crippen molar-refractivity contribution in [2.75, 3.05) is 5.32 Å².